The molecule has 0 aliphatic rings. The molecule has 2 aromatic rings. The number of thiazole rings is 1. The lowest BCUT2D eigenvalue weighted by atomic mass is 10.1. The number of anilines is 3. The van der Waals surface area contributed by atoms with Gasteiger partial charge in [0.2, 0.25) is 5.91 Å². The van der Waals surface area contributed by atoms with Crippen LogP contribution >= 0.6 is 11.3 Å². The first-order valence-corrected chi connectivity index (χ1v) is 9.78. The fraction of sp³-hybridized carbons (Fsp3) is 0.333. The lowest BCUT2D eigenvalue weighted by molar-refractivity contribution is -0.380. The third kappa shape index (κ3) is 5.73. The number of nitro groups is 1. The van der Waals surface area contributed by atoms with Gasteiger partial charge in [-0.2, -0.15) is 0 Å². The fourth-order valence-corrected chi connectivity index (χ4v) is 3.43. The van der Waals surface area contributed by atoms with Crippen molar-refractivity contribution in [3.05, 3.63) is 39.6 Å². The monoisotopic (exact) mass is 435 g/mol. The zero-order chi connectivity index (χ0) is 22.4. The summed E-state index contributed by atoms with van der Waals surface area (Å²) in [4.78, 5) is 49.9. The molecule has 0 saturated carbocycles. The highest BCUT2D eigenvalue weighted by atomic mass is 32.1. The predicted molar refractivity (Wildman–Crippen MR) is 112 cm³/mol. The van der Waals surface area contributed by atoms with Crippen molar-refractivity contribution in [2.45, 2.75) is 39.7 Å². The first kappa shape index (κ1) is 22.7. The highest BCUT2D eigenvalue weighted by molar-refractivity contribution is 7.19. The Kier molecular flexibility index (Phi) is 7.42. The first-order chi connectivity index (χ1) is 14.1. The number of aryl methyl sites for hydroxylation is 1. The number of hydrogen-bond acceptors (Lipinski definition) is 8. The van der Waals surface area contributed by atoms with E-state index in [1.165, 1.54) is 32.0 Å². The molecule has 0 spiro atoms. The number of aliphatic carboxylic acids is 1. The van der Waals surface area contributed by atoms with Gasteiger partial charge in [-0.15, -0.1) is 0 Å². The van der Waals surface area contributed by atoms with Crippen molar-refractivity contribution in [2.24, 2.45) is 0 Å². The van der Waals surface area contributed by atoms with Crippen molar-refractivity contribution < 1.29 is 24.4 Å². The Balaban J connectivity index is 2.30. The molecule has 0 bridgehead atoms. The average Bonchev–Trinajstić information content (AvgIpc) is 3.01. The molecule has 160 valence electrons. The minimum Gasteiger partial charge on any atom is -0.480 e. The normalized spacial score (nSPS) is 11.4. The Morgan fingerprint density at radius 3 is 2.53 bits per heavy atom. The van der Waals surface area contributed by atoms with Crippen LogP contribution in [0, 0.1) is 17.0 Å². The van der Waals surface area contributed by atoms with Gasteiger partial charge in [0.25, 0.3) is 5.91 Å². The smallest absolute Gasteiger partial charge is 0.348 e. The SMILES string of the molecule is CCCC(Nc1ccc(C(=O)Nc2nc(C)c([N+](=O)[O-])s2)c(NC(C)=O)c1)C(=O)O. The number of carbonyl (C=O) groups is 3. The second kappa shape index (κ2) is 9.78. The average molecular weight is 435 g/mol. The molecule has 0 radical (unpaired) electrons. The molecule has 0 saturated heterocycles. The van der Waals surface area contributed by atoms with Crippen LogP contribution in [0.25, 0.3) is 0 Å². The molecule has 0 aliphatic heterocycles. The molecule has 12 heteroatoms. The maximum Gasteiger partial charge on any atom is 0.348 e. The number of carboxylic acids is 1. The van der Waals surface area contributed by atoms with E-state index in [9.17, 15) is 29.6 Å². The van der Waals surface area contributed by atoms with E-state index in [2.05, 4.69) is 20.9 Å². The van der Waals surface area contributed by atoms with Crippen LogP contribution < -0.4 is 16.0 Å². The Hall–Kier alpha value is -3.54. The van der Waals surface area contributed by atoms with Crippen LogP contribution in [0.2, 0.25) is 0 Å². The van der Waals surface area contributed by atoms with Gasteiger partial charge in [0.15, 0.2) is 5.13 Å². The number of benzene rings is 1. The fourth-order valence-electron chi connectivity index (χ4n) is 2.65. The minimum absolute atomic E-state index is 0.0501. The van der Waals surface area contributed by atoms with Gasteiger partial charge in [-0.25, -0.2) is 9.78 Å². The number of carbonyl (C=O) groups excluding carboxylic acids is 2. The summed E-state index contributed by atoms with van der Waals surface area (Å²) < 4.78 is 0. The summed E-state index contributed by atoms with van der Waals surface area (Å²) in [6, 6.07) is 3.57. The topological polar surface area (TPSA) is 164 Å². The standard InChI is InChI=1S/C18H21N5O6S/c1-4-5-13(17(26)27)21-11-6-7-12(14(8-11)20-10(3)24)15(25)22-18-19-9(2)16(30-18)23(28)29/h6-8,13,21H,4-5H2,1-3H3,(H,20,24)(H,26,27)(H,19,22,25). The van der Waals surface area contributed by atoms with Crippen LogP contribution in [0.1, 0.15) is 42.7 Å². The van der Waals surface area contributed by atoms with Crippen molar-refractivity contribution in [1.82, 2.24) is 4.98 Å². The lowest BCUT2D eigenvalue weighted by Crippen LogP contribution is -2.29. The third-order valence-corrected chi connectivity index (χ3v) is 4.97. The number of aromatic nitrogens is 1. The maximum atomic E-state index is 12.7. The molecule has 1 atom stereocenters. The number of nitrogens with one attached hydrogen (secondary N) is 3. The summed E-state index contributed by atoms with van der Waals surface area (Å²) in [7, 11) is 0. The van der Waals surface area contributed by atoms with Crippen LogP contribution in [0.5, 0.6) is 0 Å². The zero-order valence-corrected chi connectivity index (χ0v) is 17.3. The van der Waals surface area contributed by atoms with E-state index in [-0.39, 0.29) is 27.1 Å². The summed E-state index contributed by atoms with van der Waals surface area (Å²) in [5.74, 6) is -2.07. The van der Waals surface area contributed by atoms with Crippen LogP contribution in [-0.4, -0.2) is 38.8 Å². The number of amides is 2. The van der Waals surface area contributed by atoms with Crippen LogP contribution in [0.3, 0.4) is 0 Å². The van der Waals surface area contributed by atoms with Gasteiger partial charge in [-0.1, -0.05) is 13.3 Å². The van der Waals surface area contributed by atoms with Crippen molar-refractivity contribution in [2.75, 3.05) is 16.0 Å². The van der Waals surface area contributed by atoms with Crippen LogP contribution in [-0.2, 0) is 9.59 Å². The Labute approximate surface area is 175 Å². The van der Waals surface area contributed by atoms with Gasteiger partial charge >= 0.3 is 11.0 Å². The molecule has 2 amide bonds. The second-order valence-corrected chi connectivity index (χ2v) is 7.36. The maximum absolute atomic E-state index is 12.7. The van der Waals surface area contributed by atoms with Gasteiger partial charge in [-0.3, -0.25) is 25.0 Å². The number of carboxylic acid groups (broad SMARTS) is 1. The van der Waals surface area contributed by atoms with Gasteiger partial charge in [0.05, 0.1) is 16.2 Å². The molecule has 30 heavy (non-hydrogen) atoms. The summed E-state index contributed by atoms with van der Waals surface area (Å²) in [6.45, 7) is 4.59. The number of nitrogens with zero attached hydrogens (tertiary/aromatic N) is 2. The highest BCUT2D eigenvalue weighted by Crippen LogP contribution is 2.31. The number of rotatable bonds is 9. The minimum atomic E-state index is -1.01. The van der Waals surface area contributed by atoms with E-state index in [0.717, 1.165) is 11.3 Å². The molecular weight excluding hydrogens is 414 g/mol. The first-order valence-electron chi connectivity index (χ1n) is 8.96. The predicted octanol–water partition coefficient (Wildman–Crippen LogP) is 3.24. The van der Waals surface area contributed by atoms with E-state index in [1.807, 2.05) is 6.92 Å². The quantitative estimate of drug-likeness (QED) is 0.344. The zero-order valence-electron chi connectivity index (χ0n) is 16.5. The Morgan fingerprint density at radius 1 is 1.30 bits per heavy atom. The summed E-state index contributed by atoms with van der Waals surface area (Å²) in [6.07, 6.45) is 1.05. The molecule has 1 aromatic heterocycles. The van der Waals surface area contributed by atoms with Gasteiger partial charge in [-0.05, 0) is 42.9 Å². The Morgan fingerprint density at radius 2 is 2.00 bits per heavy atom. The van der Waals surface area contributed by atoms with Crippen molar-refractivity contribution >= 4 is 50.6 Å². The lowest BCUT2D eigenvalue weighted by Gasteiger charge is -2.17. The summed E-state index contributed by atoms with van der Waals surface area (Å²) >= 11 is 0.724. The Bertz CT molecular complexity index is 989. The van der Waals surface area contributed by atoms with Gasteiger partial charge < -0.3 is 15.7 Å². The summed E-state index contributed by atoms with van der Waals surface area (Å²) in [5, 5.41) is 28.0. The molecule has 11 nitrogen and oxygen atoms in total. The van der Waals surface area contributed by atoms with Crippen molar-refractivity contribution in [3.63, 3.8) is 0 Å². The van der Waals surface area contributed by atoms with E-state index in [1.54, 1.807) is 0 Å². The molecule has 1 heterocycles. The van der Waals surface area contributed by atoms with Crippen molar-refractivity contribution in [3.8, 4) is 0 Å². The number of hydrogen-bond donors (Lipinski definition) is 4. The van der Waals surface area contributed by atoms with Gasteiger partial charge in [0, 0.05) is 12.6 Å². The largest absolute Gasteiger partial charge is 0.480 e. The van der Waals surface area contributed by atoms with E-state index in [0.29, 0.717) is 18.5 Å². The van der Waals surface area contributed by atoms with Crippen molar-refractivity contribution in [1.29, 1.82) is 0 Å². The molecule has 1 unspecified atom stereocenters. The third-order valence-electron chi connectivity index (χ3n) is 3.95. The van der Waals surface area contributed by atoms with E-state index in [4.69, 9.17) is 0 Å². The van der Waals surface area contributed by atoms with Gasteiger partial charge in [0.1, 0.15) is 11.7 Å². The molecule has 1 aromatic carbocycles. The van der Waals surface area contributed by atoms with Crippen LogP contribution in [0.4, 0.5) is 21.5 Å². The van der Waals surface area contributed by atoms with Crippen LogP contribution in [0.15, 0.2) is 18.2 Å². The molecule has 0 aliphatic carbocycles. The second-order valence-electron chi connectivity index (χ2n) is 6.39. The summed E-state index contributed by atoms with van der Waals surface area (Å²) in [5.41, 5.74) is 0.844. The molecule has 2 rings (SSSR count). The van der Waals surface area contributed by atoms with E-state index < -0.39 is 28.7 Å². The van der Waals surface area contributed by atoms with E-state index >= 15 is 0 Å². The molecule has 0 fully saturated rings. The molecule has 4 N–H and O–H groups in total. The molecular formula is C18H21N5O6S. The highest BCUT2D eigenvalue weighted by Gasteiger charge is 2.22.